The molecule has 2 aromatic rings. The molecule has 2 rings (SSSR count). The molecule has 0 spiro atoms. The van der Waals surface area contributed by atoms with E-state index in [0.717, 1.165) is 22.6 Å². The van der Waals surface area contributed by atoms with E-state index in [1.54, 1.807) is 6.20 Å². The second-order valence-corrected chi connectivity index (χ2v) is 4.48. The summed E-state index contributed by atoms with van der Waals surface area (Å²) < 4.78 is 1.99. The minimum Gasteiger partial charge on any atom is -0.338 e. The van der Waals surface area contributed by atoms with Crippen LogP contribution < -0.4 is 5.73 Å². The van der Waals surface area contributed by atoms with Crippen LogP contribution in [0.1, 0.15) is 28.7 Å². The molecule has 0 aromatic carbocycles. The summed E-state index contributed by atoms with van der Waals surface area (Å²) in [5.41, 5.74) is 9.45. The zero-order valence-electron chi connectivity index (χ0n) is 10.5. The van der Waals surface area contributed by atoms with Gasteiger partial charge >= 0.3 is 0 Å². The van der Waals surface area contributed by atoms with Crippen molar-refractivity contribution in [3.05, 3.63) is 47.3 Å². The Kier molecular flexibility index (Phi) is 3.24. The van der Waals surface area contributed by atoms with Gasteiger partial charge in [-0.05, 0) is 25.0 Å². The fourth-order valence-electron chi connectivity index (χ4n) is 2.00. The number of pyridine rings is 1. The van der Waals surface area contributed by atoms with Gasteiger partial charge in [-0.3, -0.25) is 4.98 Å². The second-order valence-electron chi connectivity index (χ2n) is 4.48. The van der Waals surface area contributed by atoms with E-state index in [0.29, 0.717) is 6.42 Å². The summed E-state index contributed by atoms with van der Waals surface area (Å²) in [5.74, 6) is 0.985. The Morgan fingerprint density at radius 2 is 2.12 bits per heavy atom. The first-order chi connectivity index (χ1) is 8.08. The molecule has 4 nitrogen and oxygen atoms in total. The van der Waals surface area contributed by atoms with Crippen LogP contribution in [0.5, 0.6) is 0 Å². The maximum atomic E-state index is 6.19. The summed E-state index contributed by atoms with van der Waals surface area (Å²) in [6.07, 6.45) is 6.29. The van der Waals surface area contributed by atoms with E-state index in [4.69, 9.17) is 5.73 Å². The molecule has 0 saturated heterocycles. The highest BCUT2D eigenvalue weighted by atomic mass is 15.0. The van der Waals surface area contributed by atoms with Crippen molar-refractivity contribution in [1.29, 1.82) is 0 Å². The number of hydrogen-bond acceptors (Lipinski definition) is 3. The van der Waals surface area contributed by atoms with Crippen molar-refractivity contribution in [2.75, 3.05) is 0 Å². The number of rotatable bonds is 3. The monoisotopic (exact) mass is 230 g/mol. The summed E-state index contributed by atoms with van der Waals surface area (Å²) in [7, 11) is 1.98. The molecule has 2 N–H and O–H groups in total. The SMILES string of the molecule is Cc1cnc(C(N)Cc2nccn2C)c(C)c1. The van der Waals surface area contributed by atoms with E-state index in [1.165, 1.54) is 0 Å². The van der Waals surface area contributed by atoms with Crippen molar-refractivity contribution in [2.24, 2.45) is 12.8 Å². The van der Waals surface area contributed by atoms with Gasteiger partial charge in [0.25, 0.3) is 0 Å². The predicted octanol–water partition coefficient (Wildman–Crippen LogP) is 1.67. The lowest BCUT2D eigenvalue weighted by Gasteiger charge is -2.13. The van der Waals surface area contributed by atoms with Gasteiger partial charge in [0.15, 0.2) is 0 Å². The van der Waals surface area contributed by atoms with Crippen LogP contribution in [0, 0.1) is 13.8 Å². The Labute approximate surface area is 102 Å². The van der Waals surface area contributed by atoms with Crippen LogP contribution in [-0.2, 0) is 13.5 Å². The van der Waals surface area contributed by atoms with Crippen molar-refractivity contribution in [3.8, 4) is 0 Å². The van der Waals surface area contributed by atoms with Crippen LogP contribution in [0.15, 0.2) is 24.7 Å². The molecule has 0 radical (unpaired) electrons. The highest BCUT2D eigenvalue weighted by molar-refractivity contribution is 5.26. The molecule has 0 fully saturated rings. The minimum atomic E-state index is -0.100. The molecule has 0 saturated carbocycles. The molecular formula is C13H18N4. The maximum Gasteiger partial charge on any atom is 0.110 e. The molecule has 0 aliphatic heterocycles. The van der Waals surface area contributed by atoms with E-state index >= 15 is 0 Å². The lowest BCUT2D eigenvalue weighted by molar-refractivity contribution is 0.639. The number of nitrogens with two attached hydrogens (primary N) is 1. The van der Waals surface area contributed by atoms with E-state index in [2.05, 4.69) is 16.0 Å². The first kappa shape index (κ1) is 11.8. The van der Waals surface area contributed by atoms with Crippen LogP contribution in [0.25, 0.3) is 0 Å². The van der Waals surface area contributed by atoms with Crippen LogP contribution in [0.3, 0.4) is 0 Å². The Bertz CT molecular complexity index is 516. The van der Waals surface area contributed by atoms with Gasteiger partial charge in [-0.2, -0.15) is 0 Å². The van der Waals surface area contributed by atoms with Gasteiger partial charge in [0.1, 0.15) is 5.82 Å². The van der Waals surface area contributed by atoms with Crippen molar-refractivity contribution < 1.29 is 0 Å². The molecule has 90 valence electrons. The fourth-order valence-corrected chi connectivity index (χ4v) is 2.00. The Morgan fingerprint density at radius 3 is 2.71 bits per heavy atom. The van der Waals surface area contributed by atoms with Crippen molar-refractivity contribution >= 4 is 0 Å². The molecular weight excluding hydrogens is 212 g/mol. The number of imidazole rings is 1. The van der Waals surface area contributed by atoms with E-state index in [9.17, 15) is 0 Å². The number of nitrogens with zero attached hydrogens (tertiary/aromatic N) is 3. The highest BCUT2D eigenvalue weighted by Gasteiger charge is 2.13. The summed E-state index contributed by atoms with van der Waals surface area (Å²) >= 11 is 0. The number of hydrogen-bond donors (Lipinski definition) is 1. The molecule has 2 heterocycles. The van der Waals surface area contributed by atoms with E-state index in [-0.39, 0.29) is 6.04 Å². The third kappa shape index (κ3) is 2.53. The van der Waals surface area contributed by atoms with Crippen molar-refractivity contribution in [2.45, 2.75) is 26.3 Å². The summed E-state index contributed by atoms with van der Waals surface area (Å²) in [6, 6.07) is 2.01. The maximum absolute atomic E-state index is 6.19. The van der Waals surface area contributed by atoms with Gasteiger partial charge < -0.3 is 10.3 Å². The standard InChI is InChI=1S/C13H18N4/c1-9-6-10(2)13(16-8-9)11(14)7-12-15-4-5-17(12)3/h4-6,8,11H,7,14H2,1-3H3. The third-order valence-corrected chi connectivity index (χ3v) is 2.93. The van der Waals surface area contributed by atoms with Crippen LogP contribution in [0.4, 0.5) is 0 Å². The average Bonchev–Trinajstić information content (AvgIpc) is 2.64. The van der Waals surface area contributed by atoms with Crippen LogP contribution in [0.2, 0.25) is 0 Å². The number of aryl methyl sites for hydroxylation is 3. The quantitative estimate of drug-likeness (QED) is 0.872. The molecule has 1 unspecified atom stereocenters. The van der Waals surface area contributed by atoms with Gasteiger partial charge in [0, 0.05) is 32.1 Å². The Balaban J connectivity index is 2.20. The summed E-state index contributed by atoms with van der Waals surface area (Å²) in [6.45, 7) is 4.08. The first-order valence-corrected chi connectivity index (χ1v) is 5.73. The van der Waals surface area contributed by atoms with Gasteiger partial charge in [0.2, 0.25) is 0 Å². The number of aromatic nitrogens is 3. The molecule has 2 aromatic heterocycles. The fraction of sp³-hybridized carbons (Fsp3) is 0.385. The van der Waals surface area contributed by atoms with Gasteiger partial charge in [0.05, 0.1) is 11.7 Å². The molecule has 0 aliphatic rings. The third-order valence-electron chi connectivity index (χ3n) is 2.93. The minimum absolute atomic E-state index is 0.100. The van der Waals surface area contributed by atoms with Crippen LogP contribution >= 0.6 is 0 Å². The highest BCUT2D eigenvalue weighted by Crippen LogP contribution is 2.17. The zero-order valence-corrected chi connectivity index (χ0v) is 10.5. The Hall–Kier alpha value is -1.68. The molecule has 0 bridgehead atoms. The molecule has 17 heavy (non-hydrogen) atoms. The van der Waals surface area contributed by atoms with Gasteiger partial charge in [-0.15, -0.1) is 0 Å². The van der Waals surface area contributed by atoms with Gasteiger partial charge in [-0.25, -0.2) is 4.98 Å². The molecule has 0 aliphatic carbocycles. The average molecular weight is 230 g/mol. The summed E-state index contributed by atoms with van der Waals surface area (Å²) in [4.78, 5) is 8.71. The summed E-state index contributed by atoms with van der Waals surface area (Å²) in [5, 5.41) is 0. The molecule has 1 atom stereocenters. The smallest absolute Gasteiger partial charge is 0.110 e. The van der Waals surface area contributed by atoms with Gasteiger partial charge in [-0.1, -0.05) is 6.07 Å². The van der Waals surface area contributed by atoms with E-state index < -0.39 is 0 Å². The topological polar surface area (TPSA) is 56.7 Å². The second kappa shape index (κ2) is 4.67. The zero-order chi connectivity index (χ0) is 12.4. The Morgan fingerprint density at radius 1 is 1.35 bits per heavy atom. The lowest BCUT2D eigenvalue weighted by Crippen LogP contribution is -2.18. The first-order valence-electron chi connectivity index (χ1n) is 5.73. The van der Waals surface area contributed by atoms with Crippen LogP contribution in [-0.4, -0.2) is 14.5 Å². The predicted molar refractivity (Wildman–Crippen MR) is 67.6 cm³/mol. The lowest BCUT2D eigenvalue weighted by atomic mass is 10.0. The van der Waals surface area contributed by atoms with E-state index in [1.807, 2.05) is 37.9 Å². The molecule has 4 heteroatoms. The largest absolute Gasteiger partial charge is 0.338 e. The normalized spacial score (nSPS) is 12.7. The van der Waals surface area contributed by atoms with Crippen molar-refractivity contribution in [1.82, 2.24) is 14.5 Å². The van der Waals surface area contributed by atoms with Crippen molar-refractivity contribution in [3.63, 3.8) is 0 Å². The molecule has 0 amide bonds.